The van der Waals surface area contributed by atoms with E-state index in [1.165, 1.54) is 0 Å². The minimum Gasteiger partial charge on any atom is -0.497 e. The average Bonchev–Trinajstić information content (AvgIpc) is 3.18. The Balaban J connectivity index is 1.57. The SMILES string of the molecule is CCCn1cc(NC(=O)NCc2nc3cc(OC)ccc3o2)nn1. The lowest BCUT2D eigenvalue weighted by Gasteiger charge is -2.02. The standard InChI is InChI=1S/C15H18N6O3/c1-3-6-21-9-13(19-20-21)18-15(22)16-8-14-17-11-7-10(23-2)4-5-12(11)24-14/h4-5,7,9H,3,6,8H2,1-2H3,(H2,16,18,22). The molecule has 3 rings (SSSR count). The van der Waals surface area contributed by atoms with Gasteiger partial charge in [0.05, 0.1) is 19.9 Å². The van der Waals surface area contributed by atoms with Crippen molar-refractivity contribution in [3.8, 4) is 5.75 Å². The van der Waals surface area contributed by atoms with Crippen molar-refractivity contribution in [2.75, 3.05) is 12.4 Å². The number of carbonyl (C=O) groups excluding carboxylic acids is 1. The van der Waals surface area contributed by atoms with Crippen LogP contribution < -0.4 is 15.4 Å². The smallest absolute Gasteiger partial charge is 0.320 e. The largest absolute Gasteiger partial charge is 0.497 e. The average molecular weight is 330 g/mol. The zero-order valence-electron chi connectivity index (χ0n) is 13.4. The van der Waals surface area contributed by atoms with Gasteiger partial charge in [0.25, 0.3) is 0 Å². The van der Waals surface area contributed by atoms with Crippen LogP contribution in [0.15, 0.2) is 28.8 Å². The molecule has 0 bridgehead atoms. The Morgan fingerprint density at radius 2 is 2.29 bits per heavy atom. The van der Waals surface area contributed by atoms with Crippen LogP contribution in [0.25, 0.3) is 11.1 Å². The van der Waals surface area contributed by atoms with E-state index in [0.717, 1.165) is 13.0 Å². The molecule has 0 fully saturated rings. The highest BCUT2D eigenvalue weighted by Crippen LogP contribution is 2.21. The van der Waals surface area contributed by atoms with Gasteiger partial charge in [-0.2, -0.15) is 0 Å². The minimum absolute atomic E-state index is 0.159. The lowest BCUT2D eigenvalue weighted by atomic mass is 10.3. The number of hydrogen-bond acceptors (Lipinski definition) is 6. The van der Waals surface area contributed by atoms with Gasteiger partial charge < -0.3 is 14.5 Å². The highest BCUT2D eigenvalue weighted by atomic mass is 16.5. The summed E-state index contributed by atoms with van der Waals surface area (Å²) in [4.78, 5) is 16.2. The third kappa shape index (κ3) is 3.62. The van der Waals surface area contributed by atoms with Crippen molar-refractivity contribution in [3.63, 3.8) is 0 Å². The first kappa shape index (κ1) is 15.8. The maximum absolute atomic E-state index is 11.9. The van der Waals surface area contributed by atoms with Crippen LogP contribution in [0.1, 0.15) is 19.2 Å². The predicted molar refractivity (Wildman–Crippen MR) is 86.7 cm³/mol. The third-order valence-corrected chi connectivity index (χ3v) is 3.27. The molecule has 9 heteroatoms. The molecule has 1 aromatic carbocycles. The number of aryl methyl sites for hydroxylation is 1. The topological polar surface area (TPSA) is 107 Å². The Kier molecular flexibility index (Phi) is 4.59. The summed E-state index contributed by atoms with van der Waals surface area (Å²) in [5.41, 5.74) is 1.31. The molecule has 2 aromatic heterocycles. The van der Waals surface area contributed by atoms with Gasteiger partial charge in [-0.3, -0.25) is 10.00 Å². The van der Waals surface area contributed by atoms with Crippen LogP contribution in [0, 0.1) is 0 Å². The summed E-state index contributed by atoms with van der Waals surface area (Å²) in [6.07, 6.45) is 2.62. The van der Waals surface area contributed by atoms with E-state index in [4.69, 9.17) is 9.15 Å². The molecular formula is C15H18N6O3. The quantitative estimate of drug-likeness (QED) is 0.717. The third-order valence-electron chi connectivity index (χ3n) is 3.27. The number of fused-ring (bicyclic) bond motifs is 1. The van der Waals surface area contributed by atoms with Gasteiger partial charge in [0.1, 0.15) is 11.3 Å². The molecule has 0 atom stereocenters. The van der Waals surface area contributed by atoms with Crippen molar-refractivity contribution in [2.45, 2.75) is 26.4 Å². The fraction of sp³-hybridized carbons (Fsp3) is 0.333. The number of ether oxygens (including phenoxy) is 1. The van der Waals surface area contributed by atoms with E-state index in [1.807, 2.05) is 6.92 Å². The summed E-state index contributed by atoms with van der Waals surface area (Å²) < 4.78 is 12.4. The van der Waals surface area contributed by atoms with Crippen LogP contribution in [0.4, 0.5) is 10.6 Å². The highest BCUT2D eigenvalue weighted by molar-refractivity contribution is 5.87. The van der Waals surface area contributed by atoms with Crippen LogP contribution >= 0.6 is 0 Å². The van der Waals surface area contributed by atoms with Crippen LogP contribution in [0.2, 0.25) is 0 Å². The van der Waals surface area contributed by atoms with Gasteiger partial charge in [-0.1, -0.05) is 12.1 Å². The Bertz CT molecular complexity index is 841. The van der Waals surface area contributed by atoms with Crippen molar-refractivity contribution in [1.82, 2.24) is 25.3 Å². The number of methoxy groups -OCH3 is 1. The number of rotatable bonds is 6. The number of oxazole rings is 1. The molecular weight excluding hydrogens is 312 g/mol. The number of anilines is 1. The predicted octanol–water partition coefficient (Wildman–Crippen LogP) is 2.16. The lowest BCUT2D eigenvalue weighted by Crippen LogP contribution is -2.28. The molecule has 24 heavy (non-hydrogen) atoms. The second-order valence-corrected chi connectivity index (χ2v) is 5.12. The van der Waals surface area contributed by atoms with Crippen LogP contribution in [-0.4, -0.2) is 33.1 Å². The first-order chi connectivity index (χ1) is 11.7. The molecule has 3 aromatic rings. The molecule has 0 saturated heterocycles. The Labute approximate surface area is 138 Å². The maximum Gasteiger partial charge on any atom is 0.320 e. The number of benzene rings is 1. The Morgan fingerprint density at radius 1 is 1.42 bits per heavy atom. The lowest BCUT2D eigenvalue weighted by molar-refractivity contribution is 0.250. The van der Waals surface area contributed by atoms with E-state index < -0.39 is 6.03 Å². The summed E-state index contributed by atoms with van der Waals surface area (Å²) >= 11 is 0. The monoisotopic (exact) mass is 330 g/mol. The molecule has 0 radical (unpaired) electrons. The van der Waals surface area contributed by atoms with Crippen molar-refractivity contribution in [3.05, 3.63) is 30.3 Å². The first-order valence-electron chi connectivity index (χ1n) is 7.56. The number of nitrogens with zero attached hydrogens (tertiary/aromatic N) is 4. The van der Waals surface area contributed by atoms with E-state index in [1.54, 1.807) is 36.2 Å². The van der Waals surface area contributed by atoms with Crippen molar-refractivity contribution >= 4 is 22.9 Å². The first-order valence-corrected chi connectivity index (χ1v) is 7.56. The van der Waals surface area contributed by atoms with Crippen LogP contribution in [0.5, 0.6) is 5.75 Å². The van der Waals surface area contributed by atoms with Crippen molar-refractivity contribution in [2.24, 2.45) is 0 Å². The molecule has 0 spiro atoms. The summed E-state index contributed by atoms with van der Waals surface area (Å²) in [7, 11) is 1.59. The number of carbonyl (C=O) groups is 1. The second kappa shape index (κ2) is 6.99. The van der Waals surface area contributed by atoms with Gasteiger partial charge >= 0.3 is 6.03 Å². The van der Waals surface area contributed by atoms with Gasteiger partial charge in [-0.15, -0.1) is 5.10 Å². The number of hydrogen-bond donors (Lipinski definition) is 2. The van der Waals surface area contributed by atoms with Gasteiger partial charge in [-0.05, 0) is 18.6 Å². The van der Waals surface area contributed by atoms with Gasteiger partial charge in [0.15, 0.2) is 11.4 Å². The molecule has 9 nitrogen and oxygen atoms in total. The summed E-state index contributed by atoms with van der Waals surface area (Å²) in [6.45, 7) is 2.95. The maximum atomic E-state index is 11.9. The second-order valence-electron chi connectivity index (χ2n) is 5.12. The fourth-order valence-corrected chi connectivity index (χ4v) is 2.17. The fourth-order valence-electron chi connectivity index (χ4n) is 2.17. The molecule has 0 saturated carbocycles. The number of aromatic nitrogens is 4. The molecule has 126 valence electrons. The summed E-state index contributed by atoms with van der Waals surface area (Å²) in [5.74, 6) is 1.49. The van der Waals surface area contributed by atoms with Gasteiger partial charge in [0.2, 0.25) is 5.89 Å². The minimum atomic E-state index is -0.404. The number of urea groups is 1. The molecule has 2 amide bonds. The van der Waals surface area contributed by atoms with E-state index in [9.17, 15) is 4.79 Å². The summed E-state index contributed by atoms with van der Waals surface area (Å²) in [5, 5.41) is 13.0. The zero-order valence-corrected chi connectivity index (χ0v) is 13.4. The van der Waals surface area contributed by atoms with E-state index in [-0.39, 0.29) is 6.54 Å². The molecule has 0 aliphatic heterocycles. The van der Waals surface area contributed by atoms with Crippen LogP contribution in [0.3, 0.4) is 0 Å². The van der Waals surface area contributed by atoms with Gasteiger partial charge in [-0.25, -0.2) is 9.78 Å². The Hall–Kier alpha value is -3.10. The van der Waals surface area contributed by atoms with Crippen LogP contribution in [-0.2, 0) is 13.1 Å². The molecule has 2 N–H and O–H groups in total. The number of amides is 2. The molecule has 2 heterocycles. The zero-order chi connectivity index (χ0) is 16.9. The molecule has 0 unspecified atom stereocenters. The van der Waals surface area contributed by atoms with Crippen molar-refractivity contribution in [1.29, 1.82) is 0 Å². The molecule has 0 aliphatic carbocycles. The molecule has 0 aliphatic rings. The van der Waals surface area contributed by atoms with E-state index >= 15 is 0 Å². The summed E-state index contributed by atoms with van der Waals surface area (Å²) in [6, 6.07) is 4.93. The van der Waals surface area contributed by atoms with E-state index in [0.29, 0.717) is 28.6 Å². The Morgan fingerprint density at radius 3 is 3.08 bits per heavy atom. The van der Waals surface area contributed by atoms with E-state index in [2.05, 4.69) is 25.9 Å². The van der Waals surface area contributed by atoms with Crippen molar-refractivity contribution < 1.29 is 13.9 Å². The normalized spacial score (nSPS) is 10.8. The van der Waals surface area contributed by atoms with Gasteiger partial charge in [0, 0.05) is 12.6 Å². The number of nitrogens with one attached hydrogen (secondary N) is 2. The highest BCUT2D eigenvalue weighted by Gasteiger charge is 2.10.